The molecule has 0 aliphatic rings. The summed E-state index contributed by atoms with van der Waals surface area (Å²) >= 11 is 0. The van der Waals surface area contributed by atoms with Gasteiger partial charge in [-0.05, 0) is 37.4 Å². The van der Waals surface area contributed by atoms with Crippen molar-refractivity contribution in [3.05, 3.63) is 35.4 Å². The van der Waals surface area contributed by atoms with E-state index in [0.717, 1.165) is 13.0 Å². The van der Waals surface area contributed by atoms with Gasteiger partial charge in [0.05, 0.1) is 0 Å². The standard InChI is InChI=1S/C14H23N/c1-4-8-14(15-5-2)11-13-10-7-6-9-12(13)3/h6-7,9-10,14-15H,4-5,8,11H2,1-3H3. The Balaban J connectivity index is 2.60. The third-order valence-electron chi connectivity index (χ3n) is 2.86. The molecule has 1 rings (SSSR count). The Morgan fingerprint density at radius 3 is 2.53 bits per heavy atom. The van der Waals surface area contributed by atoms with E-state index in [0.29, 0.717) is 6.04 Å². The van der Waals surface area contributed by atoms with Gasteiger partial charge in [-0.15, -0.1) is 0 Å². The van der Waals surface area contributed by atoms with Gasteiger partial charge in [0.25, 0.3) is 0 Å². The molecule has 1 nitrogen and oxygen atoms in total. The van der Waals surface area contributed by atoms with Crippen molar-refractivity contribution in [2.45, 2.75) is 46.1 Å². The van der Waals surface area contributed by atoms with Gasteiger partial charge in [0, 0.05) is 6.04 Å². The van der Waals surface area contributed by atoms with Crippen LogP contribution in [0.3, 0.4) is 0 Å². The smallest absolute Gasteiger partial charge is 0.0107 e. The summed E-state index contributed by atoms with van der Waals surface area (Å²) in [6.45, 7) is 7.70. The summed E-state index contributed by atoms with van der Waals surface area (Å²) < 4.78 is 0. The molecule has 15 heavy (non-hydrogen) atoms. The quantitative estimate of drug-likeness (QED) is 0.751. The van der Waals surface area contributed by atoms with Crippen LogP contribution >= 0.6 is 0 Å². The molecule has 1 atom stereocenters. The van der Waals surface area contributed by atoms with E-state index >= 15 is 0 Å². The second-order valence-corrected chi connectivity index (χ2v) is 4.17. The number of rotatable bonds is 6. The van der Waals surface area contributed by atoms with Gasteiger partial charge in [0.2, 0.25) is 0 Å². The molecule has 1 heteroatoms. The highest BCUT2D eigenvalue weighted by atomic mass is 14.9. The molecule has 0 radical (unpaired) electrons. The monoisotopic (exact) mass is 205 g/mol. The van der Waals surface area contributed by atoms with Crippen LogP contribution in [0.5, 0.6) is 0 Å². The van der Waals surface area contributed by atoms with Crippen molar-refractivity contribution in [1.82, 2.24) is 5.32 Å². The first kappa shape index (κ1) is 12.3. The van der Waals surface area contributed by atoms with Gasteiger partial charge < -0.3 is 5.32 Å². The fraction of sp³-hybridized carbons (Fsp3) is 0.571. The molecule has 0 aromatic heterocycles. The molecule has 0 saturated carbocycles. The molecule has 0 spiro atoms. The first-order valence-corrected chi connectivity index (χ1v) is 6.05. The fourth-order valence-corrected chi connectivity index (χ4v) is 2.02. The van der Waals surface area contributed by atoms with Crippen LogP contribution in [0.2, 0.25) is 0 Å². The molecule has 0 bridgehead atoms. The molecule has 1 N–H and O–H groups in total. The predicted octanol–water partition coefficient (Wildman–Crippen LogP) is 3.32. The van der Waals surface area contributed by atoms with Gasteiger partial charge in [-0.3, -0.25) is 0 Å². The van der Waals surface area contributed by atoms with Crippen molar-refractivity contribution in [2.24, 2.45) is 0 Å². The lowest BCUT2D eigenvalue weighted by molar-refractivity contribution is 0.485. The van der Waals surface area contributed by atoms with E-state index in [2.05, 4.69) is 50.4 Å². The summed E-state index contributed by atoms with van der Waals surface area (Å²) in [5, 5.41) is 3.56. The molecule has 0 saturated heterocycles. The number of hydrogen-bond acceptors (Lipinski definition) is 1. The summed E-state index contributed by atoms with van der Waals surface area (Å²) in [7, 11) is 0. The molecule has 1 aromatic rings. The largest absolute Gasteiger partial charge is 0.314 e. The van der Waals surface area contributed by atoms with Gasteiger partial charge in [0.1, 0.15) is 0 Å². The van der Waals surface area contributed by atoms with Crippen LogP contribution in [0.1, 0.15) is 37.8 Å². The van der Waals surface area contributed by atoms with Crippen molar-refractivity contribution in [2.75, 3.05) is 6.54 Å². The second kappa shape index (κ2) is 6.62. The molecule has 1 aromatic carbocycles. The number of hydrogen-bond donors (Lipinski definition) is 1. The minimum absolute atomic E-state index is 0.640. The van der Waals surface area contributed by atoms with Gasteiger partial charge in [-0.2, -0.15) is 0 Å². The minimum atomic E-state index is 0.640. The van der Waals surface area contributed by atoms with Crippen LogP contribution in [0.15, 0.2) is 24.3 Å². The van der Waals surface area contributed by atoms with E-state index in [1.807, 2.05) is 0 Å². The third kappa shape index (κ3) is 4.05. The van der Waals surface area contributed by atoms with Crippen molar-refractivity contribution in [1.29, 1.82) is 0 Å². The summed E-state index contributed by atoms with van der Waals surface area (Å²) in [6, 6.07) is 9.33. The van der Waals surface area contributed by atoms with Crippen molar-refractivity contribution in [3.8, 4) is 0 Å². The van der Waals surface area contributed by atoms with Crippen LogP contribution < -0.4 is 5.32 Å². The molecular weight excluding hydrogens is 182 g/mol. The zero-order valence-corrected chi connectivity index (χ0v) is 10.2. The lowest BCUT2D eigenvalue weighted by Gasteiger charge is -2.18. The number of likely N-dealkylation sites (N-methyl/N-ethyl adjacent to an activating group) is 1. The number of aryl methyl sites for hydroxylation is 1. The molecule has 84 valence electrons. The third-order valence-corrected chi connectivity index (χ3v) is 2.86. The van der Waals surface area contributed by atoms with Gasteiger partial charge in [0.15, 0.2) is 0 Å². The second-order valence-electron chi connectivity index (χ2n) is 4.17. The highest BCUT2D eigenvalue weighted by Crippen LogP contribution is 2.12. The Bertz CT molecular complexity index is 274. The van der Waals surface area contributed by atoms with E-state index in [-0.39, 0.29) is 0 Å². The van der Waals surface area contributed by atoms with E-state index in [1.54, 1.807) is 0 Å². The molecular formula is C14H23N. The summed E-state index contributed by atoms with van der Waals surface area (Å²) in [5.41, 5.74) is 2.90. The Morgan fingerprint density at radius 1 is 1.20 bits per heavy atom. The predicted molar refractivity (Wildman–Crippen MR) is 67.3 cm³/mol. The average Bonchev–Trinajstić information content (AvgIpc) is 2.22. The van der Waals surface area contributed by atoms with E-state index in [9.17, 15) is 0 Å². The van der Waals surface area contributed by atoms with Crippen LogP contribution in [0.25, 0.3) is 0 Å². The SMILES string of the molecule is CCCC(Cc1ccccc1C)NCC. The normalized spacial score (nSPS) is 12.7. The summed E-state index contributed by atoms with van der Waals surface area (Å²) in [5.74, 6) is 0. The van der Waals surface area contributed by atoms with Gasteiger partial charge in [-0.1, -0.05) is 44.5 Å². The Hall–Kier alpha value is -0.820. The van der Waals surface area contributed by atoms with Crippen LogP contribution in [0, 0.1) is 6.92 Å². The molecule has 1 unspecified atom stereocenters. The molecule has 0 heterocycles. The molecule has 0 aliphatic carbocycles. The highest BCUT2D eigenvalue weighted by Gasteiger charge is 2.08. The van der Waals surface area contributed by atoms with Crippen molar-refractivity contribution < 1.29 is 0 Å². The zero-order chi connectivity index (χ0) is 11.1. The minimum Gasteiger partial charge on any atom is -0.314 e. The van der Waals surface area contributed by atoms with E-state index in [1.165, 1.54) is 24.0 Å². The molecule has 0 fully saturated rings. The number of nitrogens with one attached hydrogen (secondary N) is 1. The highest BCUT2D eigenvalue weighted by molar-refractivity contribution is 5.26. The fourth-order valence-electron chi connectivity index (χ4n) is 2.02. The molecule has 0 amide bonds. The van der Waals surface area contributed by atoms with Gasteiger partial charge in [-0.25, -0.2) is 0 Å². The first-order chi connectivity index (χ1) is 7.27. The van der Waals surface area contributed by atoms with Crippen LogP contribution in [-0.4, -0.2) is 12.6 Å². The summed E-state index contributed by atoms with van der Waals surface area (Å²) in [6.07, 6.45) is 3.68. The van der Waals surface area contributed by atoms with Crippen molar-refractivity contribution in [3.63, 3.8) is 0 Å². The Labute approximate surface area is 93.9 Å². The van der Waals surface area contributed by atoms with Crippen LogP contribution in [-0.2, 0) is 6.42 Å². The lowest BCUT2D eigenvalue weighted by atomic mass is 9.98. The maximum Gasteiger partial charge on any atom is 0.0107 e. The van der Waals surface area contributed by atoms with Crippen molar-refractivity contribution >= 4 is 0 Å². The zero-order valence-electron chi connectivity index (χ0n) is 10.2. The maximum absolute atomic E-state index is 3.56. The van der Waals surface area contributed by atoms with E-state index in [4.69, 9.17) is 0 Å². The Morgan fingerprint density at radius 2 is 1.93 bits per heavy atom. The molecule has 0 aliphatic heterocycles. The van der Waals surface area contributed by atoms with Gasteiger partial charge >= 0.3 is 0 Å². The lowest BCUT2D eigenvalue weighted by Crippen LogP contribution is -2.30. The number of benzene rings is 1. The summed E-state index contributed by atoms with van der Waals surface area (Å²) in [4.78, 5) is 0. The average molecular weight is 205 g/mol. The van der Waals surface area contributed by atoms with Crippen LogP contribution in [0.4, 0.5) is 0 Å². The topological polar surface area (TPSA) is 12.0 Å². The maximum atomic E-state index is 3.56. The first-order valence-electron chi connectivity index (χ1n) is 6.05. The Kier molecular flexibility index (Phi) is 5.41. The van der Waals surface area contributed by atoms with E-state index < -0.39 is 0 Å².